The predicted octanol–water partition coefficient (Wildman–Crippen LogP) is 4.47. The zero-order valence-corrected chi connectivity index (χ0v) is 21.4. The molecule has 1 atom stereocenters. The van der Waals surface area contributed by atoms with Crippen molar-refractivity contribution in [3.05, 3.63) is 83.3 Å². The standard InChI is InChI=1S/C29H33N3O6/c1-37-26-16-21(12-13-25(26)31-29(36)30-22-8-3-2-4-9-22)17-27(33)32-14-6-10-23(32)19-38-24-11-5-7-20(15-24)18-28(34)35/h2-5,7-9,11,15-16,23H,6,10,12-14,17-19H2,1H3,(H,34,35)(H2,30,31,36)/t23-/m0/s1. The van der Waals surface area contributed by atoms with Gasteiger partial charge in [0.15, 0.2) is 0 Å². The van der Waals surface area contributed by atoms with Crippen molar-refractivity contribution in [2.75, 3.05) is 25.6 Å². The molecule has 9 nitrogen and oxygen atoms in total. The van der Waals surface area contributed by atoms with Crippen molar-refractivity contribution in [1.29, 1.82) is 0 Å². The predicted molar refractivity (Wildman–Crippen MR) is 143 cm³/mol. The Hall–Kier alpha value is -4.27. The molecule has 0 unspecified atom stereocenters. The van der Waals surface area contributed by atoms with E-state index in [1.807, 2.05) is 41.3 Å². The minimum absolute atomic E-state index is 0.0360. The SMILES string of the molecule is COC1=C(NC(=O)Nc2ccccc2)CCC(CC(=O)N2CCC[C@H]2COc2cccc(CC(=O)O)c2)=C1. The first-order valence-electron chi connectivity index (χ1n) is 12.7. The quantitative estimate of drug-likeness (QED) is 0.426. The van der Waals surface area contributed by atoms with E-state index in [1.165, 1.54) is 0 Å². The minimum atomic E-state index is -0.892. The van der Waals surface area contributed by atoms with Gasteiger partial charge in [0, 0.05) is 18.7 Å². The summed E-state index contributed by atoms with van der Waals surface area (Å²) in [6.07, 6.45) is 5.02. The Kier molecular flexibility index (Phi) is 9.02. The van der Waals surface area contributed by atoms with Crippen molar-refractivity contribution in [3.63, 3.8) is 0 Å². The third-order valence-corrected chi connectivity index (χ3v) is 6.62. The number of carboxylic acid groups (broad SMARTS) is 1. The molecule has 1 aliphatic carbocycles. The van der Waals surface area contributed by atoms with Crippen LogP contribution in [0.3, 0.4) is 0 Å². The smallest absolute Gasteiger partial charge is 0.323 e. The van der Waals surface area contributed by atoms with Gasteiger partial charge in [-0.1, -0.05) is 35.9 Å². The molecule has 0 radical (unpaired) electrons. The van der Waals surface area contributed by atoms with E-state index in [4.69, 9.17) is 14.6 Å². The number of aliphatic carboxylic acids is 1. The van der Waals surface area contributed by atoms with E-state index in [-0.39, 0.29) is 30.8 Å². The van der Waals surface area contributed by atoms with Crippen LogP contribution in [0.1, 0.15) is 37.7 Å². The van der Waals surface area contributed by atoms with E-state index in [0.29, 0.717) is 54.4 Å². The molecule has 2 aliphatic rings. The average Bonchev–Trinajstić information content (AvgIpc) is 3.38. The number of carboxylic acids is 1. The second-order valence-corrected chi connectivity index (χ2v) is 9.38. The highest BCUT2D eigenvalue weighted by molar-refractivity contribution is 5.90. The van der Waals surface area contributed by atoms with Crippen molar-refractivity contribution in [3.8, 4) is 5.75 Å². The fourth-order valence-electron chi connectivity index (χ4n) is 4.77. The third-order valence-electron chi connectivity index (χ3n) is 6.62. The number of allylic oxidation sites excluding steroid dienone is 2. The van der Waals surface area contributed by atoms with Crippen molar-refractivity contribution in [2.45, 2.75) is 44.6 Å². The molecule has 200 valence electrons. The number of para-hydroxylation sites is 1. The number of benzene rings is 2. The maximum Gasteiger partial charge on any atom is 0.323 e. The fraction of sp³-hybridized carbons (Fsp3) is 0.345. The lowest BCUT2D eigenvalue weighted by Crippen LogP contribution is -2.39. The zero-order chi connectivity index (χ0) is 26.9. The molecule has 3 amide bonds. The van der Waals surface area contributed by atoms with Crippen LogP contribution in [0.2, 0.25) is 0 Å². The lowest BCUT2D eigenvalue weighted by molar-refractivity contribution is -0.136. The Balaban J connectivity index is 1.33. The molecule has 1 heterocycles. The Morgan fingerprint density at radius 2 is 1.84 bits per heavy atom. The Labute approximate surface area is 222 Å². The molecule has 2 aromatic rings. The molecular formula is C29H33N3O6. The molecular weight excluding hydrogens is 486 g/mol. The number of nitrogens with one attached hydrogen (secondary N) is 2. The second-order valence-electron chi connectivity index (χ2n) is 9.38. The summed E-state index contributed by atoms with van der Waals surface area (Å²) in [6, 6.07) is 15.9. The van der Waals surface area contributed by atoms with Crippen LogP contribution >= 0.6 is 0 Å². The molecule has 0 bridgehead atoms. The number of hydrogen-bond acceptors (Lipinski definition) is 5. The lowest BCUT2D eigenvalue weighted by Gasteiger charge is -2.26. The average molecular weight is 520 g/mol. The molecule has 4 rings (SSSR count). The number of likely N-dealkylation sites (tertiary alicyclic amines) is 1. The van der Waals surface area contributed by atoms with Gasteiger partial charge in [-0.25, -0.2) is 4.79 Å². The first-order chi connectivity index (χ1) is 18.4. The number of methoxy groups -OCH3 is 1. The van der Waals surface area contributed by atoms with E-state index < -0.39 is 5.97 Å². The lowest BCUT2D eigenvalue weighted by atomic mass is 9.98. The van der Waals surface area contributed by atoms with Crippen LogP contribution in [0.5, 0.6) is 5.75 Å². The van der Waals surface area contributed by atoms with Gasteiger partial charge < -0.3 is 30.1 Å². The number of amides is 3. The van der Waals surface area contributed by atoms with Crippen LogP contribution in [-0.2, 0) is 20.7 Å². The molecule has 0 spiro atoms. The molecule has 2 aromatic carbocycles. The molecule has 0 aromatic heterocycles. The summed E-state index contributed by atoms with van der Waals surface area (Å²) in [6.45, 7) is 1.04. The summed E-state index contributed by atoms with van der Waals surface area (Å²) in [5, 5.41) is 14.7. The van der Waals surface area contributed by atoms with Gasteiger partial charge in [-0.15, -0.1) is 0 Å². The second kappa shape index (κ2) is 12.8. The van der Waals surface area contributed by atoms with E-state index in [1.54, 1.807) is 31.4 Å². The molecule has 0 saturated carbocycles. The largest absolute Gasteiger partial charge is 0.495 e. The number of rotatable bonds is 10. The Morgan fingerprint density at radius 3 is 2.61 bits per heavy atom. The number of urea groups is 1. The summed E-state index contributed by atoms with van der Waals surface area (Å²) in [5.41, 5.74) is 3.00. The Morgan fingerprint density at radius 1 is 1.03 bits per heavy atom. The number of carbonyl (C=O) groups excluding carboxylic acids is 2. The van der Waals surface area contributed by atoms with Gasteiger partial charge in [0.25, 0.3) is 0 Å². The normalized spacial score (nSPS) is 17.0. The summed E-state index contributed by atoms with van der Waals surface area (Å²) >= 11 is 0. The highest BCUT2D eigenvalue weighted by Gasteiger charge is 2.30. The van der Waals surface area contributed by atoms with Crippen molar-refractivity contribution < 1.29 is 29.0 Å². The number of carbonyl (C=O) groups is 3. The molecule has 9 heteroatoms. The maximum atomic E-state index is 13.2. The van der Waals surface area contributed by atoms with Crippen molar-refractivity contribution in [2.24, 2.45) is 0 Å². The number of nitrogens with zero attached hydrogens (tertiary/aromatic N) is 1. The first-order valence-corrected chi connectivity index (χ1v) is 12.7. The van der Waals surface area contributed by atoms with Crippen LogP contribution in [0.4, 0.5) is 10.5 Å². The van der Waals surface area contributed by atoms with Gasteiger partial charge in [0.05, 0.1) is 25.3 Å². The summed E-state index contributed by atoms with van der Waals surface area (Å²) < 4.78 is 11.4. The summed E-state index contributed by atoms with van der Waals surface area (Å²) in [5.74, 6) is 0.293. The minimum Gasteiger partial charge on any atom is -0.495 e. The molecule has 38 heavy (non-hydrogen) atoms. The topological polar surface area (TPSA) is 117 Å². The number of anilines is 1. The van der Waals surface area contributed by atoms with Gasteiger partial charge in [0.1, 0.15) is 18.1 Å². The van der Waals surface area contributed by atoms with Crippen molar-refractivity contribution >= 4 is 23.6 Å². The number of hydrogen-bond donors (Lipinski definition) is 3. The van der Waals surface area contributed by atoms with Gasteiger partial charge in [0.2, 0.25) is 5.91 Å². The zero-order valence-electron chi connectivity index (χ0n) is 21.4. The van der Waals surface area contributed by atoms with Crippen LogP contribution in [0, 0.1) is 0 Å². The highest BCUT2D eigenvalue weighted by atomic mass is 16.5. The van der Waals surface area contributed by atoms with Gasteiger partial charge >= 0.3 is 12.0 Å². The van der Waals surface area contributed by atoms with Crippen LogP contribution in [-0.4, -0.2) is 54.2 Å². The third kappa shape index (κ3) is 7.38. The summed E-state index contributed by atoms with van der Waals surface area (Å²) in [7, 11) is 1.55. The molecule has 1 fully saturated rings. The maximum absolute atomic E-state index is 13.2. The van der Waals surface area contributed by atoms with Crippen LogP contribution in [0.25, 0.3) is 0 Å². The van der Waals surface area contributed by atoms with Gasteiger partial charge in [-0.05, 0) is 61.6 Å². The van der Waals surface area contributed by atoms with E-state index >= 15 is 0 Å². The molecule has 3 N–H and O–H groups in total. The van der Waals surface area contributed by atoms with Crippen molar-refractivity contribution in [1.82, 2.24) is 10.2 Å². The molecule has 1 saturated heterocycles. The van der Waals surface area contributed by atoms with Crippen LogP contribution < -0.4 is 15.4 Å². The van der Waals surface area contributed by atoms with Gasteiger partial charge in [-0.2, -0.15) is 0 Å². The number of ether oxygens (including phenoxy) is 2. The van der Waals surface area contributed by atoms with E-state index in [2.05, 4.69) is 10.6 Å². The van der Waals surface area contributed by atoms with Gasteiger partial charge in [-0.3, -0.25) is 9.59 Å². The molecule has 1 aliphatic heterocycles. The first kappa shape index (κ1) is 26.8. The van der Waals surface area contributed by atoms with E-state index in [0.717, 1.165) is 18.4 Å². The Bertz CT molecular complexity index is 1220. The fourth-order valence-corrected chi connectivity index (χ4v) is 4.77. The monoisotopic (exact) mass is 519 g/mol. The summed E-state index contributed by atoms with van der Waals surface area (Å²) in [4.78, 5) is 38.5. The van der Waals surface area contributed by atoms with E-state index in [9.17, 15) is 14.4 Å². The highest BCUT2D eigenvalue weighted by Crippen LogP contribution is 2.28. The van der Waals surface area contributed by atoms with Crippen LogP contribution in [0.15, 0.2) is 77.7 Å².